The van der Waals surface area contributed by atoms with Gasteiger partial charge in [0.2, 0.25) is 17.6 Å². The first-order valence-corrected chi connectivity index (χ1v) is 8.98. The molecular weight excluding hydrogens is 364 g/mol. The fourth-order valence-electron chi connectivity index (χ4n) is 3.16. The number of hydrogen-bond acceptors (Lipinski definition) is 9. The smallest absolute Gasteiger partial charge is 0.353 e. The molecule has 28 heavy (non-hydrogen) atoms. The van der Waals surface area contributed by atoms with E-state index < -0.39 is 4.92 Å². The number of methoxy groups -OCH3 is 2. The average Bonchev–Trinajstić information content (AvgIpc) is 2.67. The van der Waals surface area contributed by atoms with Crippen LogP contribution < -0.4 is 25.4 Å². The average molecular weight is 388 g/mol. The van der Waals surface area contributed by atoms with Crippen molar-refractivity contribution in [1.29, 1.82) is 0 Å². The van der Waals surface area contributed by atoms with Gasteiger partial charge in [0.25, 0.3) is 0 Å². The molecule has 1 aliphatic rings. The van der Waals surface area contributed by atoms with Gasteiger partial charge >= 0.3 is 5.69 Å². The van der Waals surface area contributed by atoms with Crippen LogP contribution in [0.3, 0.4) is 0 Å². The Bertz CT molecular complexity index is 867. The first-order chi connectivity index (χ1) is 13.4. The zero-order chi connectivity index (χ0) is 20.3. The number of hydrogen-bond donors (Lipinski definition) is 2. The molecule has 1 aromatic heterocycles. The van der Waals surface area contributed by atoms with Gasteiger partial charge in [-0.05, 0) is 30.9 Å². The van der Waals surface area contributed by atoms with Crippen LogP contribution in [0, 0.1) is 16.0 Å². The molecule has 0 unspecified atom stereocenters. The highest BCUT2D eigenvalue weighted by atomic mass is 16.6. The molecule has 2 aromatic rings. The minimum absolute atomic E-state index is 0.156. The highest BCUT2D eigenvalue weighted by Crippen LogP contribution is 2.36. The lowest BCUT2D eigenvalue weighted by Gasteiger charge is -2.31. The molecule has 0 atom stereocenters. The highest BCUT2D eigenvalue weighted by Gasteiger charge is 2.29. The second kappa shape index (κ2) is 8.15. The maximum Gasteiger partial charge on any atom is 0.353 e. The van der Waals surface area contributed by atoms with Crippen LogP contribution in [0.1, 0.15) is 19.8 Å². The Hall–Kier alpha value is -3.30. The number of nitrogens with one attached hydrogen (secondary N) is 1. The molecule has 0 spiro atoms. The normalized spacial score (nSPS) is 14.6. The van der Waals surface area contributed by atoms with E-state index in [2.05, 4.69) is 22.2 Å². The zero-order valence-electron chi connectivity index (χ0n) is 16.1. The number of aromatic nitrogens is 2. The number of ether oxygens (including phenoxy) is 2. The molecule has 1 aromatic carbocycles. The van der Waals surface area contributed by atoms with E-state index >= 15 is 0 Å². The number of nitro groups is 1. The van der Waals surface area contributed by atoms with E-state index in [1.54, 1.807) is 32.4 Å². The Labute approximate surface area is 162 Å². The summed E-state index contributed by atoms with van der Waals surface area (Å²) >= 11 is 0. The summed E-state index contributed by atoms with van der Waals surface area (Å²) in [5.41, 5.74) is 6.22. The maximum atomic E-state index is 11.6. The van der Waals surface area contributed by atoms with Gasteiger partial charge < -0.3 is 25.4 Å². The first-order valence-electron chi connectivity index (χ1n) is 8.98. The third-order valence-electron chi connectivity index (χ3n) is 4.81. The summed E-state index contributed by atoms with van der Waals surface area (Å²) in [6.45, 7) is 3.53. The summed E-state index contributed by atoms with van der Waals surface area (Å²) in [5.74, 6) is 1.95. The number of benzene rings is 1. The van der Waals surface area contributed by atoms with Crippen LogP contribution in [0.2, 0.25) is 0 Å². The van der Waals surface area contributed by atoms with Gasteiger partial charge in [-0.1, -0.05) is 6.92 Å². The predicted octanol–water partition coefficient (Wildman–Crippen LogP) is 2.96. The van der Waals surface area contributed by atoms with Gasteiger partial charge in [-0.25, -0.2) is 0 Å². The van der Waals surface area contributed by atoms with Crippen LogP contribution in [0.4, 0.5) is 29.0 Å². The number of nitrogen functional groups attached to an aromatic ring is 1. The van der Waals surface area contributed by atoms with Crippen molar-refractivity contribution >= 4 is 29.0 Å². The SMILES string of the molecule is COc1ccc(OC)c(Nc2nc(N)c([N+](=O)[O-])c(N3CCC(C)CC3)n2)c1. The molecule has 10 nitrogen and oxygen atoms in total. The second-order valence-corrected chi connectivity index (χ2v) is 6.72. The van der Waals surface area contributed by atoms with Gasteiger partial charge in [-0.15, -0.1) is 0 Å². The summed E-state index contributed by atoms with van der Waals surface area (Å²) < 4.78 is 10.6. The third kappa shape index (κ3) is 4.00. The number of rotatable bonds is 6. The monoisotopic (exact) mass is 388 g/mol. The quantitative estimate of drug-likeness (QED) is 0.566. The molecule has 0 saturated carbocycles. The van der Waals surface area contributed by atoms with E-state index in [-0.39, 0.29) is 23.3 Å². The fraction of sp³-hybridized carbons (Fsp3) is 0.444. The van der Waals surface area contributed by atoms with Crippen molar-refractivity contribution in [2.24, 2.45) is 5.92 Å². The largest absolute Gasteiger partial charge is 0.497 e. The summed E-state index contributed by atoms with van der Waals surface area (Å²) in [6, 6.07) is 5.22. The van der Waals surface area contributed by atoms with E-state index in [1.807, 2.05) is 4.90 Å². The van der Waals surface area contributed by atoms with E-state index in [1.165, 1.54) is 0 Å². The van der Waals surface area contributed by atoms with Gasteiger partial charge in [-0.3, -0.25) is 10.1 Å². The van der Waals surface area contributed by atoms with Crippen molar-refractivity contribution in [2.45, 2.75) is 19.8 Å². The van der Waals surface area contributed by atoms with Crippen molar-refractivity contribution < 1.29 is 14.4 Å². The molecule has 0 aliphatic carbocycles. The lowest BCUT2D eigenvalue weighted by Crippen LogP contribution is -2.34. The molecule has 2 heterocycles. The number of nitrogens with two attached hydrogens (primary N) is 1. The Morgan fingerprint density at radius 3 is 2.57 bits per heavy atom. The molecule has 0 radical (unpaired) electrons. The maximum absolute atomic E-state index is 11.6. The van der Waals surface area contributed by atoms with E-state index in [0.29, 0.717) is 36.2 Å². The van der Waals surface area contributed by atoms with Gasteiger partial charge in [0.1, 0.15) is 11.5 Å². The lowest BCUT2D eigenvalue weighted by molar-refractivity contribution is -0.383. The number of nitrogens with zero attached hydrogens (tertiary/aromatic N) is 4. The summed E-state index contributed by atoms with van der Waals surface area (Å²) in [7, 11) is 3.10. The predicted molar refractivity (Wildman–Crippen MR) is 107 cm³/mol. The molecule has 1 saturated heterocycles. The number of piperidine rings is 1. The molecule has 1 aliphatic heterocycles. The standard InChI is InChI=1S/C18H24N6O4/c1-11-6-8-23(9-7-11)17-15(24(25)26)16(19)21-18(22-17)20-13-10-12(27-2)4-5-14(13)28-3/h4-5,10-11H,6-9H2,1-3H3,(H3,19,20,21,22). The molecule has 3 rings (SSSR count). The number of anilines is 4. The van der Waals surface area contributed by atoms with E-state index in [0.717, 1.165) is 12.8 Å². The molecular formula is C18H24N6O4. The minimum atomic E-state index is -0.529. The van der Waals surface area contributed by atoms with E-state index in [4.69, 9.17) is 15.2 Å². The topological polar surface area (TPSA) is 129 Å². The van der Waals surface area contributed by atoms with Crippen molar-refractivity contribution in [3.8, 4) is 11.5 Å². The molecule has 0 bridgehead atoms. The highest BCUT2D eigenvalue weighted by molar-refractivity contribution is 5.73. The minimum Gasteiger partial charge on any atom is -0.497 e. The van der Waals surface area contributed by atoms with Crippen LogP contribution in [0.5, 0.6) is 11.5 Å². The summed E-state index contributed by atoms with van der Waals surface area (Å²) in [6.07, 6.45) is 1.88. The van der Waals surface area contributed by atoms with Crippen LogP contribution in [0.25, 0.3) is 0 Å². The Kier molecular flexibility index (Phi) is 5.67. The van der Waals surface area contributed by atoms with Crippen LogP contribution in [-0.2, 0) is 0 Å². The van der Waals surface area contributed by atoms with Crippen LogP contribution >= 0.6 is 0 Å². The van der Waals surface area contributed by atoms with Gasteiger partial charge in [0, 0.05) is 19.2 Å². The second-order valence-electron chi connectivity index (χ2n) is 6.72. The molecule has 10 heteroatoms. The van der Waals surface area contributed by atoms with Crippen molar-refractivity contribution in [1.82, 2.24) is 9.97 Å². The van der Waals surface area contributed by atoms with E-state index in [9.17, 15) is 10.1 Å². The summed E-state index contributed by atoms with van der Waals surface area (Å²) in [4.78, 5) is 21.4. The van der Waals surface area contributed by atoms with Gasteiger partial charge in [0.15, 0.2) is 0 Å². The fourth-order valence-corrected chi connectivity index (χ4v) is 3.16. The molecule has 1 fully saturated rings. The first kappa shape index (κ1) is 19.5. The Morgan fingerprint density at radius 2 is 1.96 bits per heavy atom. The van der Waals surface area contributed by atoms with Crippen molar-refractivity contribution in [3.05, 3.63) is 28.3 Å². The molecule has 3 N–H and O–H groups in total. The molecule has 0 amide bonds. The van der Waals surface area contributed by atoms with Gasteiger partial charge in [-0.2, -0.15) is 9.97 Å². The van der Waals surface area contributed by atoms with Crippen molar-refractivity contribution in [2.75, 3.05) is 43.3 Å². The van der Waals surface area contributed by atoms with Crippen molar-refractivity contribution in [3.63, 3.8) is 0 Å². The van der Waals surface area contributed by atoms with Crippen LogP contribution in [-0.4, -0.2) is 42.2 Å². The lowest BCUT2D eigenvalue weighted by atomic mass is 9.99. The summed E-state index contributed by atoms with van der Waals surface area (Å²) in [5, 5.41) is 14.6. The molecule has 150 valence electrons. The Morgan fingerprint density at radius 1 is 1.25 bits per heavy atom. The Balaban J connectivity index is 2.00. The zero-order valence-corrected chi connectivity index (χ0v) is 16.1. The van der Waals surface area contributed by atoms with Gasteiger partial charge in [0.05, 0.1) is 24.8 Å². The third-order valence-corrected chi connectivity index (χ3v) is 4.81. The van der Waals surface area contributed by atoms with Crippen LogP contribution in [0.15, 0.2) is 18.2 Å².